The van der Waals surface area contributed by atoms with Gasteiger partial charge in [0.1, 0.15) is 5.01 Å². The van der Waals surface area contributed by atoms with Crippen molar-refractivity contribution in [3.8, 4) is 0 Å². The largest absolute Gasteiger partial charge is 0.416 e. The van der Waals surface area contributed by atoms with Crippen LogP contribution in [0.3, 0.4) is 0 Å². The molecule has 25 heavy (non-hydrogen) atoms. The number of hydrogen-bond donors (Lipinski definition) is 2. The van der Waals surface area contributed by atoms with Crippen molar-refractivity contribution >= 4 is 17.3 Å². The summed E-state index contributed by atoms with van der Waals surface area (Å²) in [5.74, 6) is 0.512. The van der Waals surface area contributed by atoms with Crippen LogP contribution in [-0.2, 0) is 19.1 Å². The summed E-state index contributed by atoms with van der Waals surface area (Å²) in [5.41, 5.74) is -0.114. The highest BCUT2D eigenvalue weighted by molar-refractivity contribution is 7.11. The Morgan fingerprint density at radius 2 is 2.12 bits per heavy atom. The van der Waals surface area contributed by atoms with Gasteiger partial charge < -0.3 is 10.6 Å². The number of aromatic nitrogens is 1. The quantitative estimate of drug-likeness (QED) is 0.614. The monoisotopic (exact) mass is 370 g/mol. The number of nitrogens with zero attached hydrogens (tertiary/aromatic N) is 2. The fraction of sp³-hybridized carbons (Fsp3) is 0.412. The number of aliphatic imine (C=N–C) groups is 1. The van der Waals surface area contributed by atoms with Crippen LogP contribution >= 0.6 is 11.3 Å². The first-order valence-electron chi connectivity index (χ1n) is 7.91. The maximum atomic E-state index is 12.8. The number of hydrogen-bond acceptors (Lipinski definition) is 3. The van der Waals surface area contributed by atoms with Gasteiger partial charge in [0.25, 0.3) is 0 Å². The average Bonchev–Trinajstić information content (AvgIpc) is 3.05. The first-order chi connectivity index (χ1) is 11.8. The van der Waals surface area contributed by atoms with Crippen molar-refractivity contribution < 1.29 is 13.2 Å². The number of benzene rings is 1. The van der Waals surface area contributed by atoms with Crippen molar-refractivity contribution in [3.63, 3.8) is 0 Å². The molecule has 1 heterocycles. The molecule has 0 fully saturated rings. The molecule has 0 saturated carbocycles. The highest BCUT2D eigenvalue weighted by Gasteiger charge is 2.30. The molecular weight excluding hydrogens is 349 g/mol. The van der Waals surface area contributed by atoms with E-state index in [2.05, 4.69) is 27.5 Å². The molecule has 0 radical (unpaired) electrons. The van der Waals surface area contributed by atoms with Crippen LogP contribution < -0.4 is 10.6 Å². The Balaban J connectivity index is 1.98. The molecule has 0 aliphatic rings. The summed E-state index contributed by atoms with van der Waals surface area (Å²) in [4.78, 5) is 9.64. The van der Waals surface area contributed by atoms with Gasteiger partial charge in [-0.3, -0.25) is 4.99 Å². The smallest absolute Gasteiger partial charge is 0.350 e. The fourth-order valence-corrected chi connectivity index (χ4v) is 3.02. The second kappa shape index (κ2) is 8.33. The summed E-state index contributed by atoms with van der Waals surface area (Å²) in [6, 6.07) is 4.97. The Morgan fingerprint density at radius 3 is 2.72 bits per heavy atom. The van der Waals surface area contributed by atoms with Crippen molar-refractivity contribution in [2.24, 2.45) is 4.99 Å². The highest BCUT2D eigenvalue weighted by atomic mass is 32.1. The van der Waals surface area contributed by atoms with E-state index in [1.807, 2.05) is 6.20 Å². The van der Waals surface area contributed by atoms with Gasteiger partial charge in [-0.25, -0.2) is 4.98 Å². The van der Waals surface area contributed by atoms with E-state index in [-0.39, 0.29) is 6.04 Å². The van der Waals surface area contributed by atoms with E-state index in [0.717, 1.165) is 23.6 Å². The number of guanidine groups is 1. The van der Waals surface area contributed by atoms with Gasteiger partial charge >= 0.3 is 6.18 Å². The predicted octanol–water partition coefficient (Wildman–Crippen LogP) is 4.15. The molecule has 0 aliphatic heterocycles. The zero-order valence-corrected chi connectivity index (χ0v) is 15.1. The maximum absolute atomic E-state index is 12.8. The summed E-state index contributed by atoms with van der Waals surface area (Å²) < 4.78 is 38.5. The predicted molar refractivity (Wildman–Crippen MR) is 94.7 cm³/mol. The first-order valence-corrected chi connectivity index (χ1v) is 8.73. The van der Waals surface area contributed by atoms with Gasteiger partial charge in [-0.15, -0.1) is 11.3 Å². The minimum absolute atomic E-state index is 0.323. The molecule has 2 aromatic rings. The molecule has 0 bridgehead atoms. The number of aryl methyl sites for hydroxylation is 1. The van der Waals surface area contributed by atoms with E-state index < -0.39 is 11.7 Å². The molecule has 1 aromatic heterocycles. The number of halogens is 3. The van der Waals surface area contributed by atoms with E-state index in [9.17, 15) is 13.2 Å². The van der Waals surface area contributed by atoms with Crippen LogP contribution in [0, 0.1) is 0 Å². The second-order valence-corrected chi connectivity index (χ2v) is 6.69. The van der Waals surface area contributed by atoms with Gasteiger partial charge in [0, 0.05) is 18.1 Å². The number of thiazole rings is 1. The normalized spacial score (nSPS) is 13.6. The van der Waals surface area contributed by atoms with Crippen LogP contribution in [0.25, 0.3) is 0 Å². The molecule has 2 rings (SSSR count). The SMILES string of the molecule is CCc1cnc(CNC(=NC)NC(C)c2cccc(C(F)(F)F)c2)s1. The van der Waals surface area contributed by atoms with Crippen LogP contribution in [0.1, 0.15) is 40.9 Å². The Labute approximate surface area is 149 Å². The molecule has 0 saturated heterocycles. The molecule has 1 atom stereocenters. The van der Waals surface area contributed by atoms with E-state index in [1.54, 1.807) is 31.4 Å². The van der Waals surface area contributed by atoms with E-state index in [4.69, 9.17) is 0 Å². The van der Waals surface area contributed by atoms with Crippen molar-refractivity contribution in [3.05, 3.63) is 51.5 Å². The van der Waals surface area contributed by atoms with Gasteiger partial charge in [-0.05, 0) is 31.0 Å². The summed E-state index contributed by atoms with van der Waals surface area (Å²) in [7, 11) is 1.62. The lowest BCUT2D eigenvalue weighted by molar-refractivity contribution is -0.137. The van der Waals surface area contributed by atoms with Crippen molar-refractivity contribution in [2.75, 3.05) is 7.05 Å². The second-order valence-electron chi connectivity index (χ2n) is 5.49. The minimum Gasteiger partial charge on any atom is -0.350 e. The van der Waals surface area contributed by atoms with Gasteiger partial charge in [-0.2, -0.15) is 13.2 Å². The summed E-state index contributed by atoms with van der Waals surface area (Å²) in [6.45, 7) is 4.38. The lowest BCUT2D eigenvalue weighted by Gasteiger charge is -2.19. The van der Waals surface area contributed by atoms with Gasteiger partial charge in [0.15, 0.2) is 5.96 Å². The molecule has 136 valence electrons. The number of alkyl halides is 3. The molecule has 8 heteroatoms. The average molecular weight is 370 g/mol. The van der Waals surface area contributed by atoms with Crippen molar-refractivity contribution in [1.29, 1.82) is 0 Å². The molecule has 0 aliphatic carbocycles. The topological polar surface area (TPSA) is 49.3 Å². The van der Waals surface area contributed by atoms with E-state index in [1.165, 1.54) is 10.9 Å². The standard InChI is InChI=1S/C17H21F3N4S/c1-4-14-9-22-15(25-14)10-23-16(21-3)24-11(2)12-6-5-7-13(8-12)17(18,19)20/h5-9,11H,4,10H2,1-3H3,(H2,21,23,24). The van der Waals surface area contributed by atoms with Crippen molar-refractivity contribution in [2.45, 2.75) is 39.0 Å². The van der Waals surface area contributed by atoms with Crippen LogP contribution in [0.2, 0.25) is 0 Å². The molecule has 1 aromatic carbocycles. The summed E-state index contributed by atoms with van der Waals surface area (Å²) in [6.07, 6.45) is -1.56. The third-order valence-electron chi connectivity index (χ3n) is 3.65. The third-order valence-corrected chi connectivity index (χ3v) is 4.79. The third kappa shape index (κ3) is 5.45. The van der Waals surface area contributed by atoms with Crippen LogP contribution in [0.4, 0.5) is 13.2 Å². The maximum Gasteiger partial charge on any atom is 0.416 e. The van der Waals surface area contributed by atoms with Gasteiger partial charge in [-0.1, -0.05) is 19.1 Å². The lowest BCUT2D eigenvalue weighted by atomic mass is 10.1. The molecule has 1 unspecified atom stereocenters. The Morgan fingerprint density at radius 1 is 1.36 bits per heavy atom. The first kappa shape index (κ1) is 19.2. The minimum atomic E-state index is -4.35. The number of nitrogens with one attached hydrogen (secondary N) is 2. The Bertz CT molecular complexity index is 725. The molecule has 4 nitrogen and oxygen atoms in total. The summed E-state index contributed by atoms with van der Waals surface area (Å²) in [5, 5.41) is 7.17. The molecule has 0 amide bonds. The van der Waals surface area contributed by atoms with Crippen LogP contribution in [0.5, 0.6) is 0 Å². The lowest BCUT2D eigenvalue weighted by Crippen LogP contribution is -2.38. The Kier molecular flexibility index (Phi) is 6.41. The van der Waals surface area contributed by atoms with E-state index >= 15 is 0 Å². The zero-order chi connectivity index (χ0) is 18.4. The fourth-order valence-electron chi connectivity index (χ4n) is 2.22. The van der Waals surface area contributed by atoms with E-state index in [0.29, 0.717) is 18.1 Å². The Hall–Kier alpha value is -2.09. The van der Waals surface area contributed by atoms with Gasteiger partial charge in [0.05, 0.1) is 18.2 Å². The van der Waals surface area contributed by atoms with Crippen molar-refractivity contribution in [1.82, 2.24) is 15.6 Å². The van der Waals surface area contributed by atoms with Crippen LogP contribution in [-0.4, -0.2) is 18.0 Å². The molecule has 0 spiro atoms. The molecular formula is C17H21F3N4S. The summed E-state index contributed by atoms with van der Waals surface area (Å²) >= 11 is 1.62. The number of rotatable bonds is 5. The van der Waals surface area contributed by atoms with Gasteiger partial charge in [0.2, 0.25) is 0 Å². The van der Waals surface area contributed by atoms with Crippen LogP contribution in [0.15, 0.2) is 35.5 Å². The molecule has 2 N–H and O–H groups in total. The highest BCUT2D eigenvalue weighted by Crippen LogP contribution is 2.30. The zero-order valence-electron chi connectivity index (χ0n) is 14.3.